The van der Waals surface area contributed by atoms with Crippen LogP contribution in [0.4, 0.5) is 4.39 Å². The minimum Gasteiger partial charge on any atom is -0.467 e. The summed E-state index contributed by atoms with van der Waals surface area (Å²) in [6.45, 7) is 4.03. The number of carbonyl (C=O) groups excluding carboxylic acids is 2. The van der Waals surface area contributed by atoms with Crippen molar-refractivity contribution in [2.75, 3.05) is 13.8 Å². The molecule has 0 bridgehead atoms. The molecule has 0 fully saturated rings. The third-order valence-corrected chi connectivity index (χ3v) is 4.32. The third kappa shape index (κ3) is 4.59. The molecule has 1 atom stereocenters. The second-order valence-electron chi connectivity index (χ2n) is 6.58. The maximum absolute atomic E-state index is 12.8. The van der Waals surface area contributed by atoms with Crippen LogP contribution in [0.25, 0.3) is 11.0 Å². The van der Waals surface area contributed by atoms with Crippen LogP contribution in [0.5, 0.6) is 0 Å². The van der Waals surface area contributed by atoms with Gasteiger partial charge in [-0.1, -0.05) is 13.8 Å². The summed E-state index contributed by atoms with van der Waals surface area (Å²) in [5, 5.41) is 3.49. The molecule has 2 heterocycles. The highest BCUT2D eigenvalue weighted by Gasteiger charge is 2.26. The Balaban J connectivity index is 2.25. The van der Waals surface area contributed by atoms with Crippen LogP contribution in [0.3, 0.4) is 0 Å². The lowest BCUT2D eigenvalue weighted by Gasteiger charge is -2.19. The van der Waals surface area contributed by atoms with Crippen LogP contribution < -0.4 is 5.32 Å². The normalized spacial score (nSPS) is 12.3. The van der Waals surface area contributed by atoms with Crippen LogP contribution >= 0.6 is 0 Å². The largest absolute Gasteiger partial charge is 0.467 e. The summed E-state index contributed by atoms with van der Waals surface area (Å²) in [4.78, 5) is 29.0. The average molecular weight is 363 g/mol. The fraction of sp³-hybridized carbons (Fsp3) is 0.526. The van der Waals surface area contributed by atoms with Gasteiger partial charge in [0.25, 0.3) is 5.91 Å². The summed E-state index contributed by atoms with van der Waals surface area (Å²) in [7, 11) is 1.30. The van der Waals surface area contributed by atoms with Crippen molar-refractivity contribution in [1.82, 2.24) is 14.9 Å². The number of unbranched alkanes of at least 4 members (excludes halogenated alkanes) is 2. The van der Waals surface area contributed by atoms with Crippen molar-refractivity contribution in [3.8, 4) is 0 Å². The van der Waals surface area contributed by atoms with Crippen LogP contribution in [0.2, 0.25) is 0 Å². The zero-order valence-electron chi connectivity index (χ0n) is 15.5. The first-order valence-corrected chi connectivity index (χ1v) is 8.88. The van der Waals surface area contributed by atoms with Crippen molar-refractivity contribution >= 4 is 22.9 Å². The maximum Gasteiger partial charge on any atom is 0.328 e. The van der Waals surface area contributed by atoms with Gasteiger partial charge in [-0.3, -0.25) is 9.18 Å². The van der Waals surface area contributed by atoms with Gasteiger partial charge >= 0.3 is 5.97 Å². The number of hydrogen-bond acceptors (Lipinski definition) is 4. The monoisotopic (exact) mass is 363 g/mol. The molecule has 0 saturated carbocycles. The first-order valence-electron chi connectivity index (χ1n) is 8.88. The Kier molecular flexibility index (Phi) is 7.12. The van der Waals surface area contributed by atoms with E-state index in [-0.39, 0.29) is 18.5 Å². The molecule has 1 N–H and O–H groups in total. The number of fused-ring (bicyclic) bond motifs is 1. The molecule has 0 unspecified atom stereocenters. The lowest BCUT2D eigenvalue weighted by atomic mass is 10.0. The van der Waals surface area contributed by atoms with Crippen molar-refractivity contribution in [2.45, 2.75) is 45.7 Å². The Morgan fingerprint density at radius 3 is 2.73 bits per heavy atom. The second-order valence-corrected chi connectivity index (χ2v) is 6.58. The lowest BCUT2D eigenvalue weighted by Crippen LogP contribution is -2.45. The number of nitrogens with zero attached hydrogens (tertiary/aromatic N) is 2. The minimum atomic E-state index is -0.716. The molecule has 2 rings (SSSR count). The number of methoxy groups -OCH3 is 1. The number of hydrogen-bond donors (Lipinski definition) is 1. The molecule has 0 aliphatic carbocycles. The molecular formula is C19H26FN3O3. The molecular weight excluding hydrogens is 337 g/mol. The van der Waals surface area contributed by atoms with Crippen molar-refractivity contribution in [3.05, 3.63) is 30.1 Å². The lowest BCUT2D eigenvalue weighted by molar-refractivity contribution is -0.144. The molecule has 7 heteroatoms. The number of ether oxygens (including phenoxy) is 1. The quantitative estimate of drug-likeness (QED) is 0.549. The number of aryl methyl sites for hydroxylation is 1. The Morgan fingerprint density at radius 1 is 1.31 bits per heavy atom. The molecule has 0 aliphatic heterocycles. The third-order valence-electron chi connectivity index (χ3n) is 4.32. The Labute approximate surface area is 152 Å². The first-order chi connectivity index (χ1) is 12.5. The number of amides is 1. The van der Waals surface area contributed by atoms with Gasteiger partial charge in [-0.05, 0) is 37.3 Å². The van der Waals surface area contributed by atoms with Gasteiger partial charge in [-0.25, -0.2) is 9.78 Å². The first kappa shape index (κ1) is 19.9. The van der Waals surface area contributed by atoms with Crippen molar-refractivity contribution in [3.63, 3.8) is 0 Å². The van der Waals surface area contributed by atoms with Crippen molar-refractivity contribution in [2.24, 2.45) is 5.92 Å². The highest BCUT2D eigenvalue weighted by atomic mass is 19.1. The molecule has 6 nitrogen and oxygen atoms in total. The van der Waals surface area contributed by atoms with E-state index < -0.39 is 12.0 Å². The number of rotatable bonds is 9. The Hall–Kier alpha value is -2.44. The molecule has 0 spiro atoms. The number of nitrogens with one attached hydrogen (secondary N) is 1. The van der Waals surface area contributed by atoms with Gasteiger partial charge in [-0.15, -0.1) is 0 Å². The number of alkyl halides is 1. The van der Waals surface area contributed by atoms with Gasteiger partial charge < -0.3 is 14.6 Å². The van der Waals surface area contributed by atoms with E-state index >= 15 is 0 Å². The second kappa shape index (κ2) is 9.31. The predicted molar refractivity (Wildman–Crippen MR) is 97.7 cm³/mol. The van der Waals surface area contributed by atoms with E-state index in [1.165, 1.54) is 7.11 Å². The zero-order valence-corrected chi connectivity index (χ0v) is 15.5. The summed E-state index contributed by atoms with van der Waals surface area (Å²) >= 11 is 0. The van der Waals surface area contributed by atoms with Crippen molar-refractivity contribution < 1.29 is 18.7 Å². The smallest absolute Gasteiger partial charge is 0.328 e. The highest BCUT2D eigenvalue weighted by Crippen LogP contribution is 2.21. The average Bonchev–Trinajstić information content (AvgIpc) is 3.01. The summed E-state index contributed by atoms with van der Waals surface area (Å²) in [5.41, 5.74) is 1.17. The SMILES string of the molecule is COC(=O)[C@@H](NC(=O)c1cn(CCCCCF)c2ncccc12)C(C)C. The van der Waals surface area contributed by atoms with E-state index in [0.717, 1.165) is 18.2 Å². The fourth-order valence-electron chi connectivity index (χ4n) is 2.87. The standard InChI is InChI=1S/C19H26FN3O3/c1-13(2)16(19(25)26-3)22-18(24)15-12-23(11-6-4-5-9-20)17-14(15)8-7-10-21-17/h7-8,10,12-13,16H,4-6,9,11H2,1-3H3,(H,22,24)/t16-/m0/s1. The molecule has 2 aromatic heterocycles. The molecule has 2 aromatic rings. The van der Waals surface area contributed by atoms with E-state index in [1.54, 1.807) is 18.5 Å². The van der Waals surface area contributed by atoms with E-state index in [0.29, 0.717) is 24.2 Å². The van der Waals surface area contributed by atoms with Crippen LogP contribution in [0.1, 0.15) is 43.5 Å². The van der Waals surface area contributed by atoms with Crippen LogP contribution in [0, 0.1) is 5.92 Å². The van der Waals surface area contributed by atoms with Crippen molar-refractivity contribution in [1.29, 1.82) is 0 Å². The molecule has 0 aliphatic rings. The molecule has 0 aromatic carbocycles. The Morgan fingerprint density at radius 2 is 2.08 bits per heavy atom. The predicted octanol–water partition coefficient (Wildman–Crippen LogP) is 3.10. The number of aromatic nitrogens is 2. The summed E-state index contributed by atoms with van der Waals surface area (Å²) < 4.78 is 18.9. The number of halogens is 1. The zero-order chi connectivity index (χ0) is 19.1. The maximum atomic E-state index is 12.8. The fourth-order valence-corrected chi connectivity index (χ4v) is 2.87. The summed E-state index contributed by atoms with van der Waals surface area (Å²) in [5.74, 6) is -0.908. The van der Waals surface area contributed by atoms with Gasteiger partial charge in [0.2, 0.25) is 0 Å². The molecule has 142 valence electrons. The number of carbonyl (C=O) groups is 2. The Bertz CT molecular complexity index is 758. The van der Waals surface area contributed by atoms with E-state index in [1.807, 2.05) is 24.5 Å². The molecule has 0 radical (unpaired) electrons. The van der Waals surface area contributed by atoms with Gasteiger partial charge in [0.15, 0.2) is 0 Å². The number of pyridine rings is 1. The molecule has 1 amide bonds. The van der Waals surface area contributed by atoms with Gasteiger partial charge in [0.1, 0.15) is 11.7 Å². The number of esters is 1. The summed E-state index contributed by atoms with van der Waals surface area (Å²) in [6.07, 6.45) is 5.55. The van der Waals surface area contributed by atoms with E-state index in [9.17, 15) is 14.0 Å². The van der Waals surface area contributed by atoms with E-state index in [4.69, 9.17) is 4.74 Å². The van der Waals surface area contributed by atoms with Gasteiger partial charge in [-0.2, -0.15) is 0 Å². The topological polar surface area (TPSA) is 73.2 Å². The minimum absolute atomic E-state index is 0.0985. The van der Waals surface area contributed by atoms with Gasteiger partial charge in [0, 0.05) is 24.3 Å². The van der Waals surface area contributed by atoms with Crippen LogP contribution in [-0.2, 0) is 16.1 Å². The van der Waals surface area contributed by atoms with Crippen LogP contribution in [-0.4, -0.2) is 41.3 Å². The molecule has 0 saturated heterocycles. The summed E-state index contributed by atoms with van der Waals surface area (Å²) in [6, 6.07) is 2.89. The van der Waals surface area contributed by atoms with E-state index in [2.05, 4.69) is 10.3 Å². The molecule has 26 heavy (non-hydrogen) atoms. The van der Waals surface area contributed by atoms with Crippen LogP contribution in [0.15, 0.2) is 24.5 Å². The van der Waals surface area contributed by atoms with Gasteiger partial charge in [0.05, 0.1) is 19.3 Å². The highest BCUT2D eigenvalue weighted by molar-refractivity contribution is 6.07.